The Morgan fingerprint density at radius 2 is 1.63 bits per heavy atom. The molecule has 2 amide bonds. The number of nitrogens with zero attached hydrogens (tertiary/aromatic N) is 1. The van der Waals surface area contributed by atoms with Crippen LogP contribution in [0.3, 0.4) is 0 Å². The molecule has 0 aliphatic rings. The fourth-order valence-electron chi connectivity index (χ4n) is 2.74. The average molecular weight is 368 g/mol. The van der Waals surface area contributed by atoms with Crippen molar-refractivity contribution in [3.05, 3.63) is 70.8 Å². The standard InChI is InChI=1S/C21H24N2O4/c1-14-4-8-17(9-5-14)19(22-15(2)24)12-20(25)23(3)13-16-6-10-18(11-7-16)21(26)27/h4-11,19H,12-13H2,1-3H3,(H,22,24)(H,26,27). The average Bonchev–Trinajstić information content (AvgIpc) is 2.61. The van der Waals surface area contributed by atoms with E-state index in [0.717, 1.165) is 16.7 Å². The molecule has 2 aromatic rings. The summed E-state index contributed by atoms with van der Waals surface area (Å²) in [7, 11) is 1.69. The Morgan fingerprint density at radius 1 is 1.04 bits per heavy atom. The highest BCUT2D eigenvalue weighted by atomic mass is 16.4. The lowest BCUT2D eigenvalue weighted by Gasteiger charge is -2.23. The van der Waals surface area contributed by atoms with Crippen LogP contribution in [0.2, 0.25) is 0 Å². The maximum absolute atomic E-state index is 12.6. The zero-order chi connectivity index (χ0) is 20.0. The van der Waals surface area contributed by atoms with E-state index in [9.17, 15) is 14.4 Å². The smallest absolute Gasteiger partial charge is 0.335 e. The van der Waals surface area contributed by atoms with Gasteiger partial charge in [0.15, 0.2) is 0 Å². The van der Waals surface area contributed by atoms with Crippen molar-refractivity contribution in [2.24, 2.45) is 0 Å². The van der Waals surface area contributed by atoms with Gasteiger partial charge in [0.25, 0.3) is 0 Å². The number of rotatable bonds is 7. The van der Waals surface area contributed by atoms with Crippen LogP contribution in [0, 0.1) is 6.92 Å². The van der Waals surface area contributed by atoms with Crippen LogP contribution in [0.15, 0.2) is 48.5 Å². The first-order valence-corrected chi connectivity index (χ1v) is 8.66. The van der Waals surface area contributed by atoms with Gasteiger partial charge in [-0.05, 0) is 30.2 Å². The monoisotopic (exact) mass is 368 g/mol. The van der Waals surface area contributed by atoms with Gasteiger partial charge in [-0.1, -0.05) is 42.0 Å². The van der Waals surface area contributed by atoms with Crippen molar-refractivity contribution in [2.75, 3.05) is 7.05 Å². The van der Waals surface area contributed by atoms with Crippen molar-refractivity contribution in [1.82, 2.24) is 10.2 Å². The quantitative estimate of drug-likeness (QED) is 0.787. The molecule has 0 fully saturated rings. The number of nitrogens with one attached hydrogen (secondary N) is 1. The Hall–Kier alpha value is -3.15. The van der Waals surface area contributed by atoms with Crippen molar-refractivity contribution in [3.63, 3.8) is 0 Å². The zero-order valence-electron chi connectivity index (χ0n) is 15.7. The Kier molecular flexibility index (Phi) is 6.71. The molecular weight excluding hydrogens is 344 g/mol. The molecule has 2 aromatic carbocycles. The molecule has 1 unspecified atom stereocenters. The van der Waals surface area contributed by atoms with Gasteiger partial charge in [-0.2, -0.15) is 0 Å². The number of carbonyl (C=O) groups excluding carboxylic acids is 2. The molecule has 142 valence electrons. The fourth-order valence-corrected chi connectivity index (χ4v) is 2.74. The van der Waals surface area contributed by atoms with Gasteiger partial charge in [-0.3, -0.25) is 9.59 Å². The highest BCUT2D eigenvalue weighted by molar-refractivity contribution is 5.87. The molecule has 0 heterocycles. The summed E-state index contributed by atoms with van der Waals surface area (Å²) in [5.74, 6) is -1.29. The molecule has 1 atom stereocenters. The molecule has 0 spiro atoms. The van der Waals surface area contributed by atoms with Crippen LogP contribution in [0.25, 0.3) is 0 Å². The lowest BCUT2D eigenvalue weighted by atomic mass is 10.0. The highest BCUT2D eigenvalue weighted by Crippen LogP contribution is 2.19. The molecule has 2 N–H and O–H groups in total. The van der Waals surface area contributed by atoms with Crippen molar-refractivity contribution >= 4 is 17.8 Å². The fraction of sp³-hybridized carbons (Fsp3) is 0.286. The van der Waals surface area contributed by atoms with Gasteiger partial charge in [0.1, 0.15) is 0 Å². The van der Waals surface area contributed by atoms with Gasteiger partial charge in [0.05, 0.1) is 18.0 Å². The van der Waals surface area contributed by atoms with Crippen LogP contribution in [0.1, 0.15) is 46.4 Å². The summed E-state index contributed by atoms with van der Waals surface area (Å²) >= 11 is 0. The van der Waals surface area contributed by atoms with Crippen LogP contribution in [0.4, 0.5) is 0 Å². The second-order valence-electron chi connectivity index (χ2n) is 6.62. The van der Waals surface area contributed by atoms with Crippen molar-refractivity contribution < 1.29 is 19.5 Å². The Morgan fingerprint density at radius 3 is 2.15 bits per heavy atom. The molecule has 0 bridgehead atoms. The Balaban J connectivity index is 2.05. The minimum absolute atomic E-state index is 0.114. The molecule has 0 saturated heterocycles. The molecule has 0 saturated carbocycles. The van der Waals surface area contributed by atoms with Gasteiger partial charge in [0, 0.05) is 20.5 Å². The second-order valence-corrected chi connectivity index (χ2v) is 6.62. The summed E-state index contributed by atoms with van der Waals surface area (Å²) in [4.78, 5) is 36.7. The maximum Gasteiger partial charge on any atom is 0.335 e. The van der Waals surface area contributed by atoms with E-state index in [2.05, 4.69) is 5.32 Å². The molecule has 0 aromatic heterocycles. The maximum atomic E-state index is 12.6. The van der Waals surface area contributed by atoms with Crippen LogP contribution < -0.4 is 5.32 Å². The second kappa shape index (κ2) is 8.98. The number of hydrogen-bond donors (Lipinski definition) is 2. The van der Waals surface area contributed by atoms with Gasteiger partial charge < -0.3 is 15.3 Å². The molecular formula is C21H24N2O4. The van der Waals surface area contributed by atoms with Crippen molar-refractivity contribution in [1.29, 1.82) is 0 Å². The molecule has 0 aliphatic heterocycles. The SMILES string of the molecule is CC(=O)NC(CC(=O)N(C)Cc1ccc(C(=O)O)cc1)c1ccc(C)cc1. The number of aryl methyl sites for hydroxylation is 1. The third-order valence-corrected chi connectivity index (χ3v) is 4.28. The van der Waals surface area contributed by atoms with Crippen LogP contribution >= 0.6 is 0 Å². The number of carboxylic acid groups (broad SMARTS) is 1. The summed E-state index contributed by atoms with van der Waals surface area (Å²) in [6.45, 7) is 3.77. The van der Waals surface area contributed by atoms with Crippen LogP contribution in [-0.2, 0) is 16.1 Å². The van der Waals surface area contributed by atoms with Gasteiger partial charge in [0.2, 0.25) is 11.8 Å². The van der Waals surface area contributed by atoms with E-state index in [-0.39, 0.29) is 23.8 Å². The third-order valence-electron chi connectivity index (χ3n) is 4.28. The predicted octanol–water partition coefficient (Wildman–Crippen LogP) is 2.92. The third kappa shape index (κ3) is 5.95. The van der Waals surface area contributed by atoms with E-state index in [4.69, 9.17) is 5.11 Å². The van der Waals surface area contributed by atoms with Crippen LogP contribution in [0.5, 0.6) is 0 Å². The van der Waals surface area contributed by atoms with Gasteiger partial charge in [-0.25, -0.2) is 4.79 Å². The van der Waals surface area contributed by atoms with Gasteiger partial charge in [-0.15, -0.1) is 0 Å². The lowest BCUT2D eigenvalue weighted by molar-refractivity contribution is -0.131. The Labute approximate surface area is 158 Å². The molecule has 0 radical (unpaired) electrons. The van der Waals surface area contributed by atoms with E-state index in [0.29, 0.717) is 6.54 Å². The zero-order valence-corrected chi connectivity index (χ0v) is 15.7. The molecule has 0 aliphatic carbocycles. The van der Waals surface area contributed by atoms with E-state index in [1.54, 1.807) is 24.1 Å². The van der Waals surface area contributed by atoms with Crippen molar-refractivity contribution in [2.45, 2.75) is 32.9 Å². The van der Waals surface area contributed by atoms with E-state index < -0.39 is 12.0 Å². The van der Waals surface area contributed by atoms with E-state index in [1.165, 1.54) is 19.1 Å². The summed E-state index contributed by atoms with van der Waals surface area (Å²) < 4.78 is 0. The minimum Gasteiger partial charge on any atom is -0.478 e. The largest absolute Gasteiger partial charge is 0.478 e. The minimum atomic E-state index is -0.984. The van der Waals surface area contributed by atoms with Crippen molar-refractivity contribution in [3.8, 4) is 0 Å². The topological polar surface area (TPSA) is 86.7 Å². The molecule has 6 nitrogen and oxygen atoms in total. The number of benzene rings is 2. The number of carboxylic acids is 1. The van der Waals surface area contributed by atoms with E-state index >= 15 is 0 Å². The van der Waals surface area contributed by atoms with Gasteiger partial charge >= 0.3 is 5.97 Å². The molecule has 2 rings (SSSR count). The number of hydrogen-bond acceptors (Lipinski definition) is 3. The first-order chi connectivity index (χ1) is 12.8. The first kappa shape index (κ1) is 20.2. The lowest BCUT2D eigenvalue weighted by Crippen LogP contribution is -2.33. The van der Waals surface area contributed by atoms with E-state index in [1.807, 2.05) is 31.2 Å². The van der Waals surface area contributed by atoms with Crippen LogP contribution in [-0.4, -0.2) is 34.8 Å². The molecule has 27 heavy (non-hydrogen) atoms. The predicted molar refractivity (Wildman–Crippen MR) is 102 cm³/mol. The summed E-state index contributed by atoms with van der Waals surface area (Å²) in [6, 6.07) is 13.7. The number of carbonyl (C=O) groups is 3. The number of aromatic carboxylic acids is 1. The molecule has 6 heteroatoms. The Bertz CT molecular complexity index is 813. The first-order valence-electron chi connectivity index (χ1n) is 8.66. The summed E-state index contributed by atoms with van der Waals surface area (Å²) in [5, 5.41) is 11.8. The number of amides is 2. The normalized spacial score (nSPS) is 11.5. The summed E-state index contributed by atoms with van der Waals surface area (Å²) in [5.41, 5.74) is 3.03. The summed E-state index contributed by atoms with van der Waals surface area (Å²) in [6.07, 6.45) is 0.145. The highest BCUT2D eigenvalue weighted by Gasteiger charge is 2.19.